The molecule has 10 rings (SSSR count). The first-order valence-corrected chi connectivity index (χ1v) is 35.0. The highest BCUT2D eigenvalue weighted by molar-refractivity contribution is 5.60. The molecule has 0 aliphatic carbocycles. The van der Waals surface area contributed by atoms with Crippen molar-refractivity contribution in [3.05, 3.63) is 120 Å². The lowest BCUT2D eigenvalue weighted by molar-refractivity contribution is -0.177. The van der Waals surface area contributed by atoms with Gasteiger partial charge >= 0.3 is 12.4 Å². The van der Waals surface area contributed by atoms with Gasteiger partial charge in [0.05, 0.1) is 30.1 Å². The molecule has 13 atom stereocenters. The fraction of sp³-hybridized carbons (Fsp3) is 0.667. The smallest absolute Gasteiger partial charge is 0.391 e. The van der Waals surface area contributed by atoms with Crippen molar-refractivity contribution in [2.24, 2.45) is 58.3 Å². The average molecular weight is 1390 g/mol. The fourth-order valence-electron chi connectivity index (χ4n) is 13.9. The van der Waals surface area contributed by atoms with Crippen LogP contribution in [0.4, 0.5) is 54.8 Å². The number of alkyl halides is 6. The van der Waals surface area contributed by atoms with Crippen molar-refractivity contribution in [2.45, 2.75) is 225 Å². The summed E-state index contributed by atoms with van der Waals surface area (Å²) in [5.41, 5.74) is 40.4. The Kier molecular flexibility index (Phi) is 27.3. The highest BCUT2D eigenvalue weighted by Crippen LogP contribution is 2.42. The van der Waals surface area contributed by atoms with Gasteiger partial charge in [-0.1, -0.05) is 125 Å². The summed E-state index contributed by atoms with van der Waals surface area (Å²) in [6, 6.07) is 8.22. The van der Waals surface area contributed by atoms with Crippen molar-refractivity contribution in [1.29, 1.82) is 0 Å². The maximum atomic E-state index is 13.0. The summed E-state index contributed by atoms with van der Waals surface area (Å²) >= 11 is 0. The van der Waals surface area contributed by atoms with Crippen LogP contribution < -0.4 is 53.2 Å². The normalized spacial score (nSPS) is 26.7. The number of rotatable bonds is 5. The summed E-state index contributed by atoms with van der Waals surface area (Å²) in [5, 5.41) is 29.9. The standard InChI is InChI=1S/2C15H22F3N3.3C15H25N3O/c2*1-14(2,3)12-7-20-5-4-13(12)21-8-10(15(16,17)18)6-11(19)9-21;3*1-10-8-18(9-12(16)14(10)19)13-5-6-17-7-11(13)15(2,3)4/h2*4-5,7,10-11H,6,8-9,19H2,1-3H3;3*5-7,10,12,14,19H,8-9,16H2,1-4H3/t2*10-,11+;2*10-,12+,14+;/m1010./s1. The van der Waals surface area contributed by atoms with E-state index in [1.165, 1.54) is 33.8 Å². The van der Waals surface area contributed by atoms with Crippen LogP contribution in [-0.4, -0.2) is 167 Å². The maximum Gasteiger partial charge on any atom is 0.393 e. The molecule has 554 valence electrons. The van der Waals surface area contributed by atoms with Crippen molar-refractivity contribution in [3.63, 3.8) is 0 Å². The van der Waals surface area contributed by atoms with Crippen LogP contribution in [0.5, 0.6) is 0 Å². The van der Waals surface area contributed by atoms with E-state index in [2.05, 4.69) is 141 Å². The van der Waals surface area contributed by atoms with Crippen molar-refractivity contribution in [1.82, 2.24) is 24.9 Å². The second-order valence-corrected chi connectivity index (χ2v) is 33.6. The monoisotopic (exact) mass is 1390 g/mol. The number of aliphatic hydroxyl groups is 3. The number of nitrogens with two attached hydrogens (primary N) is 5. The molecule has 99 heavy (non-hydrogen) atoms. The Morgan fingerprint density at radius 3 is 0.687 bits per heavy atom. The number of anilines is 5. The van der Waals surface area contributed by atoms with Crippen LogP contribution >= 0.6 is 0 Å². The van der Waals surface area contributed by atoms with Gasteiger partial charge in [0.25, 0.3) is 0 Å². The molecule has 3 unspecified atom stereocenters. The van der Waals surface area contributed by atoms with Gasteiger partial charge in [-0.3, -0.25) is 24.9 Å². The van der Waals surface area contributed by atoms with Crippen LogP contribution in [0.15, 0.2) is 92.3 Å². The first-order chi connectivity index (χ1) is 45.6. The van der Waals surface area contributed by atoms with Gasteiger partial charge in [0.2, 0.25) is 0 Å². The molecule has 0 spiro atoms. The molecular formula is C75H119F6N15O3. The number of aliphatic hydroxyl groups excluding tert-OH is 3. The lowest BCUT2D eigenvalue weighted by Crippen LogP contribution is -2.56. The highest BCUT2D eigenvalue weighted by Gasteiger charge is 2.46. The van der Waals surface area contributed by atoms with Crippen LogP contribution in [-0.2, 0) is 27.1 Å². The molecule has 13 N–H and O–H groups in total. The Balaban J connectivity index is 0.000000195. The third-order valence-electron chi connectivity index (χ3n) is 19.5. The molecule has 5 fully saturated rings. The van der Waals surface area contributed by atoms with Crippen LogP contribution in [0.25, 0.3) is 0 Å². The largest absolute Gasteiger partial charge is 0.393 e. The number of halogens is 6. The Morgan fingerprint density at radius 2 is 0.515 bits per heavy atom. The van der Waals surface area contributed by atoms with Crippen LogP contribution in [0.3, 0.4) is 0 Å². The molecule has 24 heteroatoms. The molecule has 5 aromatic rings. The average Bonchev–Trinajstić information content (AvgIpc) is 0.817. The number of nitrogens with zero attached hydrogens (tertiary/aromatic N) is 10. The van der Waals surface area contributed by atoms with Gasteiger partial charge < -0.3 is 68.5 Å². The summed E-state index contributed by atoms with van der Waals surface area (Å²) < 4.78 is 78.3. The first-order valence-electron chi connectivity index (χ1n) is 35.0. The van der Waals surface area contributed by atoms with E-state index in [-0.39, 0.29) is 88.9 Å². The molecule has 18 nitrogen and oxygen atoms in total. The predicted molar refractivity (Wildman–Crippen MR) is 389 cm³/mol. The van der Waals surface area contributed by atoms with E-state index < -0.39 is 54.6 Å². The van der Waals surface area contributed by atoms with Gasteiger partial charge in [-0.15, -0.1) is 0 Å². The summed E-state index contributed by atoms with van der Waals surface area (Å²) in [6.07, 6.45) is 8.37. The number of pyridine rings is 5. The lowest BCUT2D eigenvalue weighted by atomic mass is 9.85. The van der Waals surface area contributed by atoms with Gasteiger partial charge in [-0.05, 0) is 98.1 Å². The van der Waals surface area contributed by atoms with Crippen LogP contribution in [0.2, 0.25) is 0 Å². The maximum absolute atomic E-state index is 13.0. The van der Waals surface area contributed by atoms with Crippen molar-refractivity contribution >= 4 is 28.4 Å². The van der Waals surface area contributed by atoms with E-state index in [1.54, 1.807) is 46.7 Å². The first kappa shape index (κ1) is 82.0. The summed E-state index contributed by atoms with van der Waals surface area (Å²) in [7, 11) is 0. The predicted octanol–water partition coefficient (Wildman–Crippen LogP) is 10.8. The quantitative estimate of drug-likeness (QED) is 0.0760. The van der Waals surface area contributed by atoms with Crippen molar-refractivity contribution < 1.29 is 41.7 Å². The third-order valence-corrected chi connectivity index (χ3v) is 19.5. The fourth-order valence-corrected chi connectivity index (χ4v) is 13.9. The molecule has 5 aromatic heterocycles. The van der Waals surface area contributed by atoms with Crippen molar-refractivity contribution in [3.8, 4) is 0 Å². The molecule has 0 bridgehead atoms. The van der Waals surface area contributed by atoms with Crippen LogP contribution in [0, 0.1) is 29.6 Å². The molecule has 0 amide bonds. The zero-order valence-corrected chi connectivity index (χ0v) is 62.1. The minimum atomic E-state index is -4.20. The zero-order valence-electron chi connectivity index (χ0n) is 62.1. The Hall–Kier alpha value is -5.99. The second kappa shape index (κ2) is 33.0. The van der Waals surface area contributed by atoms with E-state index in [4.69, 9.17) is 28.7 Å². The molecule has 0 aromatic carbocycles. The summed E-state index contributed by atoms with van der Waals surface area (Å²) in [6.45, 7) is 43.4. The van der Waals surface area contributed by atoms with Gasteiger partial charge in [-0.25, -0.2) is 0 Å². The molecule has 5 saturated heterocycles. The Labute approximate surface area is 586 Å². The molecule has 0 saturated carbocycles. The second-order valence-electron chi connectivity index (χ2n) is 33.6. The minimum absolute atomic E-state index is 0.00403. The topological polar surface area (TPSA) is 271 Å². The Morgan fingerprint density at radius 1 is 0.323 bits per heavy atom. The number of aromatic nitrogens is 5. The van der Waals surface area contributed by atoms with Crippen LogP contribution in [0.1, 0.15) is 165 Å². The summed E-state index contributed by atoms with van der Waals surface area (Å²) in [5.74, 6) is -2.19. The highest BCUT2D eigenvalue weighted by atomic mass is 19.4. The third kappa shape index (κ3) is 22.3. The molecule has 10 heterocycles. The minimum Gasteiger partial charge on any atom is -0.391 e. The van der Waals surface area contributed by atoms with Crippen molar-refractivity contribution in [2.75, 3.05) is 89.9 Å². The van der Waals surface area contributed by atoms with E-state index in [9.17, 15) is 41.7 Å². The molecule has 0 radical (unpaired) electrons. The van der Waals surface area contributed by atoms with Gasteiger partial charge in [0.15, 0.2) is 0 Å². The number of hydrogen-bond donors (Lipinski definition) is 8. The lowest BCUT2D eigenvalue weighted by Gasteiger charge is -2.41. The van der Waals surface area contributed by atoms with Gasteiger partial charge in [0, 0.05) is 204 Å². The SMILES string of the molecule is CC(C)(C)c1cnccc1N1C[C@@H](N)C[C@@H](C(F)(F)F)C1.CC(C)(C)c1cnccc1N1C[C@H](N)C[C@H](C(F)(F)F)C1.CC1CN(c2ccncc2C(C)(C)C)CC(N)C1O.C[C@@H]1CN(c2ccncc2C(C)(C)C)C[C@H](N)[C@H]1O.C[C@H]1CN(c2ccncc2C(C)(C)C)C[C@@H](N)[C@@H]1O. The molecule has 5 aliphatic rings. The molecule has 5 aliphatic heterocycles. The van der Waals surface area contributed by atoms with E-state index in [1.807, 2.05) is 78.7 Å². The Bertz CT molecular complexity index is 3000. The van der Waals surface area contributed by atoms with Gasteiger partial charge in [-0.2, -0.15) is 26.3 Å². The van der Waals surface area contributed by atoms with Gasteiger partial charge in [0.1, 0.15) is 0 Å². The molecular weight excluding hydrogens is 1270 g/mol. The zero-order chi connectivity index (χ0) is 74.3. The van der Waals surface area contributed by atoms with E-state index in [0.29, 0.717) is 32.7 Å². The van der Waals surface area contributed by atoms with E-state index >= 15 is 0 Å². The number of hydrogen-bond acceptors (Lipinski definition) is 18. The van der Waals surface area contributed by atoms with E-state index in [0.717, 1.165) is 42.1 Å². The number of piperidine rings is 5. The summed E-state index contributed by atoms with van der Waals surface area (Å²) in [4.78, 5) is 31.3.